The molecule has 1 aromatic rings. The number of rotatable bonds is 2. The van der Waals surface area contributed by atoms with Crippen LogP contribution in [0.5, 0.6) is 0 Å². The molecule has 3 nitrogen and oxygen atoms in total. The monoisotopic (exact) mass is 239 g/mol. The second-order valence-electron chi connectivity index (χ2n) is 4.16. The first-order chi connectivity index (χ1) is 7.72. The lowest BCUT2D eigenvalue weighted by molar-refractivity contribution is 0.0938. The van der Waals surface area contributed by atoms with E-state index >= 15 is 0 Å². The smallest absolute Gasteiger partial charge is 0.147 e. The number of anilines is 1. The summed E-state index contributed by atoms with van der Waals surface area (Å²) in [5.41, 5.74) is 0. The van der Waals surface area contributed by atoms with Crippen LogP contribution in [0.4, 0.5) is 5.82 Å². The number of aliphatic hydroxyl groups excluding tert-OH is 1. The Bertz CT molecular complexity index is 359. The van der Waals surface area contributed by atoms with Gasteiger partial charge in [-0.05, 0) is 30.9 Å². The molecule has 2 unspecified atom stereocenters. The molecular weight excluding hydrogens is 224 g/mol. The molecule has 0 bridgehead atoms. The Balaban J connectivity index is 2.11. The highest BCUT2D eigenvalue weighted by Crippen LogP contribution is 2.28. The largest absolute Gasteiger partial charge is 0.391 e. The van der Waals surface area contributed by atoms with Crippen LogP contribution in [-0.4, -0.2) is 29.3 Å². The number of hydrogen-bond acceptors (Lipinski definition) is 3. The molecule has 1 aliphatic heterocycles. The average Bonchev–Trinajstić information content (AvgIpc) is 2.29. The average molecular weight is 240 g/mol. The third kappa shape index (κ3) is 2.30. The number of halogens is 1. The van der Waals surface area contributed by atoms with Crippen LogP contribution in [0.15, 0.2) is 18.3 Å². The molecule has 0 aliphatic carbocycles. The zero-order chi connectivity index (χ0) is 11.5. The Kier molecular flexibility index (Phi) is 3.66. The van der Waals surface area contributed by atoms with Crippen LogP contribution in [0.25, 0.3) is 0 Å². The highest BCUT2D eigenvalue weighted by molar-refractivity contribution is 6.32. The molecule has 1 radical (unpaired) electrons. The van der Waals surface area contributed by atoms with Crippen molar-refractivity contribution in [2.24, 2.45) is 5.92 Å². The summed E-state index contributed by atoms with van der Waals surface area (Å²) in [5.74, 6) is 1.07. The molecule has 2 atom stereocenters. The molecule has 2 rings (SSSR count). The van der Waals surface area contributed by atoms with Crippen molar-refractivity contribution in [2.75, 3.05) is 18.0 Å². The Morgan fingerprint density at radius 2 is 2.44 bits per heavy atom. The van der Waals surface area contributed by atoms with Crippen LogP contribution in [0, 0.1) is 12.8 Å². The van der Waals surface area contributed by atoms with Crippen molar-refractivity contribution >= 4 is 17.4 Å². The molecule has 2 heterocycles. The minimum Gasteiger partial charge on any atom is -0.391 e. The zero-order valence-electron chi connectivity index (χ0n) is 9.14. The van der Waals surface area contributed by atoms with Gasteiger partial charge in [-0.2, -0.15) is 0 Å². The van der Waals surface area contributed by atoms with Gasteiger partial charge in [-0.25, -0.2) is 4.98 Å². The molecule has 16 heavy (non-hydrogen) atoms. The molecule has 1 fully saturated rings. The Morgan fingerprint density at radius 1 is 1.62 bits per heavy atom. The van der Waals surface area contributed by atoms with E-state index in [9.17, 15) is 5.11 Å². The third-order valence-corrected chi connectivity index (χ3v) is 3.43. The van der Waals surface area contributed by atoms with Gasteiger partial charge < -0.3 is 10.0 Å². The highest BCUT2D eigenvalue weighted by atomic mass is 35.5. The maximum atomic E-state index is 9.94. The third-order valence-electron chi connectivity index (χ3n) is 3.13. The number of pyridine rings is 1. The van der Waals surface area contributed by atoms with E-state index in [4.69, 9.17) is 11.6 Å². The number of nitrogens with zero attached hydrogens (tertiary/aromatic N) is 2. The number of β-amino-alcohol motifs (C(OH)–C–C–N with tert-alkyl or cyclic N) is 1. The second kappa shape index (κ2) is 5.02. The summed E-state index contributed by atoms with van der Waals surface area (Å²) >= 11 is 6.08. The first-order valence-corrected chi connectivity index (χ1v) is 5.93. The summed E-state index contributed by atoms with van der Waals surface area (Å²) in [6.07, 6.45) is 3.12. The quantitative estimate of drug-likeness (QED) is 0.859. The topological polar surface area (TPSA) is 36.4 Å². The van der Waals surface area contributed by atoms with Gasteiger partial charge in [0.05, 0.1) is 11.1 Å². The van der Waals surface area contributed by atoms with E-state index in [0.29, 0.717) is 17.5 Å². The summed E-state index contributed by atoms with van der Waals surface area (Å²) in [4.78, 5) is 6.30. The molecule has 87 valence electrons. The minimum atomic E-state index is -0.329. The van der Waals surface area contributed by atoms with Gasteiger partial charge in [0.15, 0.2) is 0 Å². The molecule has 1 aliphatic rings. The van der Waals surface area contributed by atoms with Gasteiger partial charge in [0.1, 0.15) is 5.82 Å². The molecule has 0 aromatic carbocycles. The van der Waals surface area contributed by atoms with Crippen molar-refractivity contribution in [1.82, 2.24) is 4.98 Å². The summed E-state index contributed by atoms with van der Waals surface area (Å²) in [5, 5.41) is 10.6. The maximum absolute atomic E-state index is 9.94. The van der Waals surface area contributed by atoms with Gasteiger partial charge in [-0.3, -0.25) is 0 Å². The molecule has 1 N–H and O–H groups in total. The van der Waals surface area contributed by atoms with Gasteiger partial charge in [-0.15, -0.1) is 0 Å². The van der Waals surface area contributed by atoms with Crippen LogP contribution in [0.3, 0.4) is 0 Å². The van der Waals surface area contributed by atoms with Crippen LogP contribution >= 0.6 is 11.6 Å². The van der Waals surface area contributed by atoms with Gasteiger partial charge >= 0.3 is 0 Å². The zero-order valence-corrected chi connectivity index (χ0v) is 9.90. The van der Waals surface area contributed by atoms with E-state index in [-0.39, 0.29) is 6.10 Å². The summed E-state index contributed by atoms with van der Waals surface area (Å²) in [6.45, 7) is 5.33. The van der Waals surface area contributed by atoms with E-state index in [1.807, 2.05) is 17.0 Å². The molecule has 1 saturated heterocycles. The van der Waals surface area contributed by atoms with E-state index in [1.165, 1.54) is 0 Å². The first kappa shape index (κ1) is 11.7. The Hall–Kier alpha value is -0.800. The van der Waals surface area contributed by atoms with Crippen molar-refractivity contribution in [3.63, 3.8) is 0 Å². The van der Waals surface area contributed by atoms with E-state index in [0.717, 1.165) is 25.2 Å². The van der Waals surface area contributed by atoms with Crippen molar-refractivity contribution in [3.8, 4) is 0 Å². The van der Waals surface area contributed by atoms with Crippen LogP contribution in [0.1, 0.15) is 12.8 Å². The van der Waals surface area contributed by atoms with E-state index in [2.05, 4.69) is 11.9 Å². The van der Waals surface area contributed by atoms with Crippen LogP contribution in [-0.2, 0) is 0 Å². The van der Waals surface area contributed by atoms with Gasteiger partial charge in [0, 0.05) is 19.3 Å². The SMILES string of the molecule is [CH2]CC1CCN(c2ncccc2Cl)CC1O. The van der Waals surface area contributed by atoms with Gasteiger partial charge in [0.25, 0.3) is 0 Å². The fourth-order valence-corrected chi connectivity index (χ4v) is 2.36. The molecule has 0 spiro atoms. The van der Waals surface area contributed by atoms with Crippen molar-refractivity contribution in [1.29, 1.82) is 0 Å². The minimum absolute atomic E-state index is 0.304. The number of hydrogen-bond donors (Lipinski definition) is 1. The fourth-order valence-electron chi connectivity index (χ4n) is 2.12. The number of aromatic nitrogens is 1. The van der Waals surface area contributed by atoms with E-state index < -0.39 is 0 Å². The molecule has 0 amide bonds. The lowest BCUT2D eigenvalue weighted by Crippen LogP contribution is -2.44. The van der Waals surface area contributed by atoms with Crippen molar-refractivity contribution < 1.29 is 5.11 Å². The first-order valence-electron chi connectivity index (χ1n) is 5.55. The van der Waals surface area contributed by atoms with Gasteiger partial charge in [0.2, 0.25) is 0 Å². The summed E-state index contributed by atoms with van der Waals surface area (Å²) < 4.78 is 0. The molecule has 1 aromatic heterocycles. The summed E-state index contributed by atoms with van der Waals surface area (Å²) in [6, 6.07) is 3.63. The fraction of sp³-hybridized carbons (Fsp3) is 0.500. The van der Waals surface area contributed by atoms with E-state index in [1.54, 1.807) is 6.20 Å². The Morgan fingerprint density at radius 3 is 3.06 bits per heavy atom. The predicted molar refractivity (Wildman–Crippen MR) is 65.5 cm³/mol. The second-order valence-corrected chi connectivity index (χ2v) is 4.57. The maximum Gasteiger partial charge on any atom is 0.147 e. The molecule has 0 saturated carbocycles. The number of aliphatic hydroxyl groups is 1. The summed E-state index contributed by atoms with van der Waals surface area (Å²) in [7, 11) is 0. The van der Waals surface area contributed by atoms with Crippen molar-refractivity contribution in [3.05, 3.63) is 30.3 Å². The van der Waals surface area contributed by atoms with Crippen molar-refractivity contribution in [2.45, 2.75) is 18.9 Å². The number of piperidine rings is 1. The molecular formula is C12H16ClN2O. The lowest BCUT2D eigenvalue weighted by Gasteiger charge is -2.36. The van der Waals surface area contributed by atoms with Crippen LogP contribution < -0.4 is 4.90 Å². The Labute approximate surface area is 101 Å². The predicted octanol–water partition coefficient (Wildman–Crippen LogP) is 2.15. The highest BCUT2D eigenvalue weighted by Gasteiger charge is 2.27. The molecule has 4 heteroatoms. The standard InChI is InChI=1S/C12H16ClN2O/c1-2-9-5-7-15(8-11(9)16)12-10(13)4-3-6-14-12/h3-4,6,9,11,16H,1-2,5,7-8H2. The normalized spacial score (nSPS) is 25.8. The van der Waals surface area contributed by atoms with Gasteiger partial charge in [-0.1, -0.05) is 18.5 Å². The van der Waals surface area contributed by atoms with Crippen LogP contribution in [0.2, 0.25) is 5.02 Å². The lowest BCUT2D eigenvalue weighted by atomic mass is 9.91.